The first kappa shape index (κ1) is 9.21. The van der Waals surface area contributed by atoms with Gasteiger partial charge in [0.25, 0.3) is 0 Å². The summed E-state index contributed by atoms with van der Waals surface area (Å²) < 4.78 is 1.15. The number of hydrogen-bond donors (Lipinski definition) is 1. The van der Waals surface area contributed by atoms with E-state index in [2.05, 4.69) is 0 Å². The Balaban J connectivity index is 2.58. The summed E-state index contributed by atoms with van der Waals surface area (Å²) >= 11 is 1.60. The van der Waals surface area contributed by atoms with E-state index in [0.29, 0.717) is 0 Å². The molecule has 0 saturated carbocycles. The molecule has 2 rings (SSSR count). The third-order valence-corrected chi connectivity index (χ3v) is 3.33. The lowest BCUT2D eigenvalue weighted by Gasteiger charge is -2.03. The van der Waals surface area contributed by atoms with Crippen molar-refractivity contribution in [2.75, 3.05) is 0 Å². The van der Waals surface area contributed by atoms with Crippen LogP contribution in [0, 0.1) is 0 Å². The Bertz CT molecular complexity index is 473. The molecule has 0 spiro atoms. The predicted octanol–water partition coefficient (Wildman–Crippen LogP) is 3.09. The van der Waals surface area contributed by atoms with Crippen LogP contribution in [0.15, 0.2) is 29.6 Å². The van der Waals surface area contributed by atoms with E-state index in [4.69, 9.17) is 5.11 Å². The average Bonchev–Trinajstić information content (AvgIpc) is 2.60. The highest BCUT2D eigenvalue weighted by Gasteiger charge is 2.17. The molecule has 0 amide bonds. The van der Waals surface area contributed by atoms with Crippen LogP contribution in [-0.2, 0) is 4.79 Å². The molecule has 0 saturated heterocycles. The number of carbonyl (C=O) groups is 1. The number of carboxylic acid groups (broad SMARTS) is 1. The van der Waals surface area contributed by atoms with Crippen LogP contribution in [0.1, 0.15) is 18.4 Å². The minimum absolute atomic E-state index is 0.425. The Morgan fingerprint density at radius 2 is 2.14 bits per heavy atom. The first-order valence-corrected chi connectivity index (χ1v) is 5.27. The Hall–Kier alpha value is -1.35. The third-order valence-electron chi connectivity index (χ3n) is 2.35. The Morgan fingerprint density at radius 1 is 1.43 bits per heavy atom. The van der Waals surface area contributed by atoms with Gasteiger partial charge in [-0.05, 0) is 29.3 Å². The van der Waals surface area contributed by atoms with Gasteiger partial charge in [-0.25, -0.2) is 0 Å². The topological polar surface area (TPSA) is 37.3 Å². The summed E-state index contributed by atoms with van der Waals surface area (Å²) in [6.45, 7) is 1.72. The number of thiophene rings is 1. The van der Waals surface area contributed by atoms with Gasteiger partial charge in [-0.2, -0.15) is 0 Å². The zero-order valence-electron chi connectivity index (χ0n) is 7.73. The van der Waals surface area contributed by atoms with Gasteiger partial charge in [-0.15, -0.1) is 11.3 Å². The van der Waals surface area contributed by atoms with Gasteiger partial charge < -0.3 is 5.11 Å². The van der Waals surface area contributed by atoms with Gasteiger partial charge in [-0.3, -0.25) is 4.79 Å². The van der Waals surface area contributed by atoms with E-state index in [1.54, 1.807) is 18.3 Å². The highest BCUT2D eigenvalue weighted by atomic mass is 32.1. The lowest BCUT2D eigenvalue weighted by Crippen LogP contribution is -2.06. The smallest absolute Gasteiger partial charge is 0.310 e. The van der Waals surface area contributed by atoms with Crippen LogP contribution in [0.25, 0.3) is 10.1 Å². The van der Waals surface area contributed by atoms with Crippen molar-refractivity contribution in [2.24, 2.45) is 0 Å². The summed E-state index contributed by atoms with van der Waals surface area (Å²) in [5.41, 5.74) is 0.915. The summed E-state index contributed by atoms with van der Waals surface area (Å²) in [5.74, 6) is -1.19. The van der Waals surface area contributed by atoms with Gasteiger partial charge in [0.1, 0.15) is 0 Å². The normalized spacial score (nSPS) is 12.9. The molecule has 1 heterocycles. The van der Waals surface area contributed by atoms with Gasteiger partial charge >= 0.3 is 5.97 Å². The SMILES string of the molecule is C[C@H](C(=O)O)c1csc2ccccc12. The summed E-state index contributed by atoms with van der Waals surface area (Å²) in [7, 11) is 0. The molecule has 1 atom stereocenters. The van der Waals surface area contributed by atoms with Gasteiger partial charge in [-0.1, -0.05) is 18.2 Å². The molecular formula is C11H10O2S. The number of hydrogen-bond acceptors (Lipinski definition) is 2. The van der Waals surface area contributed by atoms with Crippen LogP contribution in [0.5, 0.6) is 0 Å². The van der Waals surface area contributed by atoms with Crippen molar-refractivity contribution in [3.8, 4) is 0 Å². The maximum absolute atomic E-state index is 10.8. The number of benzene rings is 1. The Kier molecular flexibility index (Phi) is 2.25. The average molecular weight is 206 g/mol. The summed E-state index contributed by atoms with van der Waals surface area (Å²) in [6.07, 6.45) is 0. The fourth-order valence-corrected chi connectivity index (χ4v) is 2.52. The molecule has 0 fully saturated rings. The number of aliphatic carboxylic acids is 1. The highest BCUT2D eigenvalue weighted by Crippen LogP contribution is 2.30. The van der Waals surface area contributed by atoms with Crippen LogP contribution >= 0.6 is 11.3 Å². The zero-order valence-corrected chi connectivity index (χ0v) is 8.54. The minimum atomic E-state index is -0.770. The van der Waals surface area contributed by atoms with Crippen molar-refractivity contribution in [1.29, 1.82) is 0 Å². The van der Waals surface area contributed by atoms with Crippen molar-refractivity contribution >= 4 is 27.4 Å². The zero-order chi connectivity index (χ0) is 10.1. The molecule has 72 valence electrons. The highest BCUT2D eigenvalue weighted by molar-refractivity contribution is 7.17. The first-order chi connectivity index (χ1) is 6.70. The third kappa shape index (κ3) is 1.40. The predicted molar refractivity (Wildman–Crippen MR) is 57.9 cm³/mol. The van der Waals surface area contributed by atoms with Crippen LogP contribution in [0.4, 0.5) is 0 Å². The second-order valence-corrected chi connectivity index (χ2v) is 4.16. The minimum Gasteiger partial charge on any atom is -0.481 e. The molecule has 1 aromatic heterocycles. The number of carboxylic acids is 1. The standard InChI is InChI=1S/C11H10O2S/c1-7(11(12)13)9-6-14-10-5-3-2-4-8(9)10/h2-7H,1H3,(H,12,13)/t7-/m0/s1. The van der Waals surface area contributed by atoms with Gasteiger partial charge in [0, 0.05) is 4.70 Å². The van der Waals surface area contributed by atoms with Gasteiger partial charge in [0.2, 0.25) is 0 Å². The van der Waals surface area contributed by atoms with E-state index in [-0.39, 0.29) is 0 Å². The molecule has 1 aromatic carbocycles. The van der Waals surface area contributed by atoms with Crippen LogP contribution in [0.3, 0.4) is 0 Å². The van der Waals surface area contributed by atoms with E-state index in [0.717, 1.165) is 15.6 Å². The lowest BCUT2D eigenvalue weighted by molar-refractivity contribution is -0.138. The molecule has 2 nitrogen and oxygen atoms in total. The van der Waals surface area contributed by atoms with Crippen molar-refractivity contribution in [2.45, 2.75) is 12.8 Å². The van der Waals surface area contributed by atoms with Crippen molar-refractivity contribution in [3.05, 3.63) is 35.2 Å². The molecule has 0 radical (unpaired) electrons. The van der Waals surface area contributed by atoms with Crippen LogP contribution < -0.4 is 0 Å². The van der Waals surface area contributed by atoms with Crippen LogP contribution in [0.2, 0.25) is 0 Å². The lowest BCUT2D eigenvalue weighted by atomic mass is 10.0. The quantitative estimate of drug-likeness (QED) is 0.819. The molecule has 14 heavy (non-hydrogen) atoms. The van der Waals surface area contributed by atoms with Gasteiger partial charge in [0.15, 0.2) is 0 Å². The summed E-state index contributed by atoms with van der Waals surface area (Å²) in [4.78, 5) is 10.8. The van der Waals surface area contributed by atoms with Crippen molar-refractivity contribution in [3.63, 3.8) is 0 Å². The molecule has 0 bridgehead atoms. The van der Waals surface area contributed by atoms with Crippen molar-refractivity contribution in [1.82, 2.24) is 0 Å². The molecule has 2 aromatic rings. The molecule has 3 heteroatoms. The second kappa shape index (κ2) is 3.42. The molecular weight excluding hydrogens is 196 g/mol. The Morgan fingerprint density at radius 3 is 2.86 bits per heavy atom. The maximum Gasteiger partial charge on any atom is 0.310 e. The monoisotopic (exact) mass is 206 g/mol. The van der Waals surface area contributed by atoms with Crippen molar-refractivity contribution < 1.29 is 9.90 Å². The fourth-order valence-electron chi connectivity index (χ4n) is 1.47. The van der Waals surface area contributed by atoms with E-state index in [1.807, 2.05) is 29.6 Å². The van der Waals surface area contributed by atoms with E-state index < -0.39 is 11.9 Å². The molecule has 0 aliphatic heterocycles. The molecule has 1 N–H and O–H groups in total. The molecule has 0 aliphatic carbocycles. The van der Waals surface area contributed by atoms with Gasteiger partial charge in [0.05, 0.1) is 5.92 Å². The van der Waals surface area contributed by atoms with E-state index >= 15 is 0 Å². The van der Waals surface area contributed by atoms with E-state index in [1.165, 1.54) is 0 Å². The number of fused-ring (bicyclic) bond motifs is 1. The Labute approximate surface area is 85.8 Å². The fraction of sp³-hybridized carbons (Fsp3) is 0.182. The first-order valence-electron chi connectivity index (χ1n) is 4.39. The summed E-state index contributed by atoms with van der Waals surface area (Å²) in [5, 5.41) is 11.9. The largest absolute Gasteiger partial charge is 0.481 e. The second-order valence-electron chi connectivity index (χ2n) is 3.25. The number of rotatable bonds is 2. The van der Waals surface area contributed by atoms with Crippen LogP contribution in [-0.4, -0.2) is 11.1 Å². The molecule has 0 aliphatic rings. The maximum atomic E-state index is 10.8. The molecule has 0 unspecified atom stereocenters. The summed E-state index contributed by atoms with van der Waals surface area (Å²) in [6, 6.07) is 7.89. The van der Waals surface area contributed by atoms with E-state index in [9.17, 15) is 4.79 Å².